The highest BCUT2D eigenvalue weighted by Gasteiger charge is 2.71. The molecular weight excluding hydrogens is 392 g/mol. The number of aliphatic hydroxyl groups excluding tert-OH is 1. The lowest BCUT2D eigenvalue weighted by Crippen LogP contribution is -2.65. The van der Waals surface area contributed by atoms with Crippen molar-refractivity contribution in [3.05, 3.63) is 11.6 Å². The van der Waals surface area contributed by atoms with E-state index < -0.39 is 16.6 Å². The molecule has 4 rings (SSSR count). The highest BCUT2D eigenvalue weighted by atomic mass is 16.6. The molecule has 0 unspecified atom stereocenters. The lowest BCUT2D eigenvalue weighted by molar-refractivity contribution is -0.227. The van der Waals surface area contributed by atoms with Crippen molar-refractivity contribution in [2.45, 2.75) is 95.9 Å². The Hall–Kier alpha value is -0.950. The van der Waals surface area contributed by atoms with Crippen LogP contribution in [0, 0.1) is 28.6 Å². The quantitative estimate of drug-likeness (QED) is 0.302. The molecule has 6 nitrogen and oxygen atoms in total. The van der Waals surface area contributed by atoms with Crippen molar-refractivity contribution in [2.75, 3.05) is 13.2 Å². The van der Waals surface area contributed by atoms with Gasteiger partial charge in [0.05, 0.1) is 23.5 Å². The third-order valence-electron chi connectivity index (χ3n) is 10.0. The van der Waals surface area contributed by atoms with E-state index in [4.69, 9.17) is 10.6 Å². The fourth-order valence-electron chi connectivity index (χ4n) is 8.13. The van der Waals surface area contributed by atoms with Gasteiger partial charge in [0.15, 0.2) is 0 Å². The van der Waals surface area contributed by atoms with Crippen LogP contribution in [0.15, 0.2) is 16.8 Å². The van der Waals surface area contributed by atoms with Gasteiger partial charge in [-0.25, -0.2) is 0 Å². The van der Waals surface area contributed by atoms with Gasteiger partial charge in [-0.15, -0.1) is 0 Å². The minimum Gasteiger partial charge on any atom is -0.394 e. The standard InChI is InChI=1S/C25H42N2O4/c1-17(16-27-31-13-12-26)15-24(29)10-11-25(30)21-5-4-18-14-19(28)6-8-22(18,2)20(21)7-9-23(24,25)3/h15-16,18-21,28-30H,4-14,26H2,1-3H3/b17-15+,27-16+/t18-,19+,20+,21-,22+,23-,24+,25+/m1/s1. The summed E-state index contributed by atoms with van der Waals surface area (Å²) in [5.41, 5.74) is 3.95. The van der Waals surface area contributed by atoms with Crippen LogP contribution >= 0.6 is 0 Å². The minimum absolute atomic E-state index is 0.160. The Morgan fingerprint density at radius 3 is 2.58 bits per heavy atom. The largest absolute Gasteiger partial charge is 0.394 e. The average molecular weight is 435 g/mol. The second kappa shape index (κ2) is 8.12. The molecule has 4 aliphatic rings. The molecule has 0 spiro atoms. The van der Waals surface area contributed by atoms with Crippen molar-refractivity contribution in [1.82, 2.24) is 0 Å². The number of aliphatic hydroxyl groups is 3. The fourth-order valence-corrected chi connectivity index (χ4v) is 8.13. The lowest BCUT2D eigenvalue weighted by Gasteiger charge is -2.64. The summed E-state index contributed by atoms with van der Waals surface area (Å²) in [6, 6.07) is 0. The molecule has 0 aromatic heterocycles. The highest BCUT2D eigenvalue weighted by Crippen LogP contribution is 2.70. The third-order valence-corrected chi connectivity index (χ3v) is 10.0. The number of nitrogens with two attached hydrogens (primary N) is 1. The number of fused-ring (bicyclic) bond motifs is 5. The van der Waals surface area contributed by atoms with Gasteiger partial charge in [-0.1, -0.05) is 19.0 Å². The number of rotatable bonds is 5. The maximum Gasteiger partial charge on any atom is 0.129 e. The molecular formula is C25H42N2O4. The Morgan fingerprint density at radius 2 is 1.84 bits per heavy atom. The van der Waals surface area contributed by atoms with Crippen LogP contribution in [0.3, 0.4) is 0 Å². The first-order chi connectivity index (χ1) is 14.6. The summed E-state index contributed by atoms with van der Waals surface area (Å²) in [5, 5.41) is 38.2. The number of nitrogens with zero attached hydrogens (tertiary/aromatic N) is 1. The molecule has 4 saturated carbocycles. The topological polar surface area (TPSA) is 108 Å². The SMILES string of the molecule is CC(/C=N/OCCN)=C\[C@@]1(O)CC[C@]2(O)[C@@H]3CC[C@@H]4C[C@@H](O)CC[C@]4(C)[C@H]3CC[C@]12C. The van der Waals surface area contributed by atoms with Gasteiger partial charge in [0.25, 0.3) is 0 Å². The first-order valence-electron chi connectivity index (χ1n) is 12.3. The molecule has 31 heavy (non-hydrogen) atoms. The maximum absolute atomic E-state index is 12.2. The second-order valence-electron chi connectivity index (χ2n) is 11.4. The molecule has 6 heteroatoms. The Bertz CT molecular complexity index is 741. The van der Waals surface area contributed by atoms with Crippen LogP contribution < -0.4 is 5.73 Å². The van der Waals surface area contributed by atoms with Gasteiger partial charge in [-0.2, -0.15) is 0 Å². The van der Waals surface area contributed by atoms with E-state index in [0.717, 1.165) is 50.5 Å². The smallest absolute Gasteiger partial charge is 0.129 e. The van der Waals surface area contributed by atoms with Crippen LogP contribution in [-0.2, 0) is 4.84 Å². The summed E-state index contributed by atoms with van der Waals surface area (Å²) in [6.45, 7) is 7.21. The highest BCUT2D eigenvalue weighted by molar-refractivity contribution is 5.77. The molecule has 0 saturated heterocycles. The predicted octanol–water partition coefficient (Wildman–Crippen LogP) is 3.14. The van der Waals surface area contributed by atoms with Crippen LogP contribution in [0.5, 0.6) is 0 Å². The minimum atomic E-state index is -1.06. The number of hydrogen-bond acceptors (Lipinski definition) is 6. The van der Waals surface area contributed by atoms with E-state index in [1.54, 1.807) is 6.21 Å². The molecule has 176 valence electrons. The van der Waals surface area contributed by atoms with Crippen LogP contribution in [-0.4, -0.2) is 52.0 Å². The molecule has 0 aromatic carbocycles. The van der Waals surface area contributed by atoms with Gasteiger partial charge in [0.2, 0.25) is 0 Å². The Kier molecular flexibility index (Phi) is 6.08. The number of hydrogen-bond donors (Lipinski definition) is 4. The maximum atomic E-state index is 12.2. The Labute approximate surface area is 186 Å². The molecule has 0 aromatic rings. The summed E-state index contributed by atoms with van der Waals surface area (Å²) in [5.74, 6) is 1.24. The first-order valence-corrected chi connectivity index (χ1v) is 12.3. The van der Waals surface area contributed by atoms with Crippen molar-refractivity contribution >= 4 is 6.21 Å². The van der Waals surface area contributed by atoms with E-state index in [9.17, 15) is 15.3 Å². The molecule has 0 amide bonds. The van der Waals surface area contributed by atoms with E-state index in [2.05, 4.69) is 19.0 Å². The van der Waals surface area contributed by atoms with Gasteiger partial charge in [0, 0.05) is 12.0 Å². The predicted molar refractivity (Wildman–Crippen MR) is 121 cm³/mol. The summed E-state index contributed by atoms with van der Waals surface area (Å²) in [7, 11) is 0. The van der Waals surface area contributed by atoms with E-state index in [1.807, 2.05) is 13.0 Å². The van der Waals surface area contributed by atoms with Gasteiger partial charge in [-0.05, 0) is 99.5 Å². The average Bonchev–Trinajstić information content (AvgIpc) is 2.93. The van der Waals surface area contributed by atoms with Gasteiger partial charge in [-0.3, -0.25) is 0 Å². The van der Waals surface area contributed by atoms with Crippen LogP contribution in [0.2, 0.25) is 0 Å². The Balaban J connectivity index is 1.59. The van der Waals surface area contributed by atoms with E-state index in [0.29, 0.717) is 37.8 Å². The summed E-state index contributed by atoms with van der Waals surface area (Å²) in [4.78, 5) is 5.10. The zero-order chi connectivity index (χ0) is 22.5. The normalized spacial score (nSPS) is 50.1. The summed E-state index contributed by atoms with van der Waals surface area (Å²) >= 11 is 0. The fraction of sp³-hybridized carbons (Fsp3) is 0.880. The van der Waals surface area contributed by atoms with Gasteiger partial charge in [0.1, 0.15) is 6.61 Å². The van der Waals surface area contributed by atoms with Crippen molar-refractivity contribution < 1.29 is 20.2 Å². The molecule has 0 bridgehead atoms. The zero-order valence-corrected chi connectivity index (χ0v) is 19.5. The van der Waals surface area contributed by atoms with Crippen molar-refractivity contribution in [3.63, 3.8) is 0 Å². The van der Waals surface area contributed by atoms with E-state index in [1.165, 1.54) is 0 Å². The zero-order valence-electron chi connectivity index (χ0n) is 19.5. The van der Waals surface area contributed by atoms with E-state index in [-0.39, 0.29) is 17.4 Å². The van der Waals surface area contributed by atoms with E-state index >= 15 is 0 Å². The summed E-state index contributed by atoms with van der Waals surface area (Å²) in [6.07, 6.45) is 11.3. The summed E-state index contributed by atoms with van der Waals surface area (Å²) < 4.78 is 0. The molecule has 8 atom stereocenters. The van der Waals surface area contributed by atoms with Crippen molar-refractivity contribution in [2.24, 2.45) is 39.5 Å². The number of oxime groups is 1. The monoisotopic (exact) mass is 434 g/mol. The first kappa shape index (κ1) is 23.2. The van der Waals surface area contributed by atoms with Crippen LogP contribution in [0.1, 0.15) is 78.6 Å². The second-order valence-corrected chi connectivity index (χ2v) is 11.4. The molecule has 0 radical (unpaired) electrons. The lowest BCUT2D eigenvalue weighted by atomic mass is 9.43. The molecule has 5 N–H and O–H groups in total. The van der Waals surface area contributed by atoms with Gasteiger partial charge < -0.3 is 25.9 Å². The molecule has 4 aliphatic carbocycles. The van der Waals surface area contributed by atoms with Gasteiger partial charge >= 0.3 is 0 Å². The van der Waals surface area contributed by atoms with Crippen LogP contribution in [0.25, 0.3) is 0 Å². The van der Waals surface area contributed by atoms with Crippen molar-refractivity contribution in [1.29, 1.82) is 0 Å². The molecule has 0 heterocycles. The molecule has 0 aliphatic heterocycles. The Morgan fingerprint density at radius 1 is 1.06 bits per heavy atom. The number of allylic oxidation sites excluding steroid dienone is 1. The third kappa shape index (κ3) is 3.49. The van der Waals surface area contributed by atoms with Crippen molar-refractivity contribution in [3.8, 4) is 0 Å². The molecule has 4 fully saturated rings. The van der Waals surface area contributed by atoms with Crippen LogP contribution in [0.4, 0.5) is 0 Å².